The SMILES string of the molecule is O=C1C=CC(=NNc2ccc(N=Nc3ccc(-c4ccc(N/N=C5/C=CC(=O)C(C(=O)O)=C5)cc4)cc3)c3ccc(S(=O)(=O)O)cc23)C=C1. The molecule has 0 fully saturated rings. The average molecular weight is 673 g/mol. The van der Waals surface area contributed by atoms with Gasteiger partial charge in [0.1, 0.15) is 5.57 Å². The van der Waals surface area contributed by atoms with E-state index in [0.29, 0.717) is 44.9 Å². The van der Waals surface area contributed by atoms with Gasteiger partial charge in [0.25, 0.3) is 10.1 Å². The number of nitrogens with one attached hydrogen (secondary N) is 2. The minimum Gasteiger partial charge on any atom is -0.478 e. The Labute approximate surface area is 278 Å². The molecule has 13 nitrogen and oxygen atoms in total. The molecule has 14 heteroatoms. The summed E-state index contributed by atoms with van der Waals surface area (Å²) in [6.07, 6.45) is 9.62. The Balaban J connectivity index is 1.18. The maximum Gasteiger partial charge on any atom is 0.339 e. The van der Waals surface area contributed by atoms with Gasteiger partial charge in [-0.1, -0.05) is 30.3 Å². The maximum atomic E-state index is 11.9. The van der Waals surface area contributed by atoms with Crippen LogP contribution in [-0.4, -0.2) is 47.0 Å². The number of ketones is 2. The molecule has 0 atom stereocenters. The molecule has 0 saturated heterocycles. The number of carbonyl (C=O) groups is 3. The lowest BCUT2D eigenvalue weighted by Crippen LogP contribution is -2.15. The molecule has 0 aromatic heterocycles. The highest BCUT2D eigenvalue weighted by Crippen LogP contribution is 2.35. The number of aliphatic carboxylic acids is 1. The highest BCUT2D eigenvalue weighted by atomic mass is 32.2. The van der Waals surface area contributed by atoms with Gasteiger partial charge in [-0.15, -0.1) is 5.11 Å². The number of rotatable bonds is 9. The van der Waals surface area contributed by atoms with Crippen LogP contribution in [0, 0.1) is 0 Å². The van der Waals surface area contributed by atoms with Crippen LogP contribution in [-0.2, 0) is 24.5 Å². The first-order valence-electron chi connectivity index (χ1n) is 14.4. The minimum absolute atomic E-state index is 0.159. The molecule has 0 amide bonds. The van der Waals surface area contributed by atoms with E-state index in [1.165, 1.54) is 54.7 Å². The summed E-state index contributed by atoms with van der Waals surface area (Å²) in [7, 11) is -4.48. The summed E-state index contributed by atoms with van der Waals surface area (Å²) in [5.74, 6) is -2.06. The molecule has 0 aliphatic heterocycles. The Hall–Kier alpha value is -6.64. The molecule has 0 spiro atoms. The van der Waals surface area contributed by atoms with Crippen molar-refractivity contribution in [3.05, 3.63) is 127 Å². The Morgan fingerprint density at radius 2 is 1.33 bits per heavy atom. The molecule has 4 aromatic carbocycles. The van der Waals surface area contributed by atoms with E-state index in [2.05, 4.69) is 31.3 Å². The number of hydrogen-bond donors (Lipinski definition) is 4. The summed E-state index contributed by atoms with van der Waals surface area (Å²) in [6.45, 7) is 0. The van der Waals surface area contributed by atoms with Crippen LogP contribution in [0.25, 0.3) is 21.9 Å². The van der Waals surface area contributed by atoms with Crippen LogP contribution < -0.4 is 10.9 Å². The lowest BCUT2D eigenvalue weighted by atomic mass is 10.0. The minimum atomic E-state index is -4.48. The van der Waals surface area contributed by atoms with Gasteiger partial charge in [0.15, 0.2) is 11.6 Å². The number of hydrogen-bond acceptors (Lipinski definition) is 11. The van der Waals surface area contributed by atoms with Crippen molar-refractivity contribution in [3.8, 4) is 11.1 Å². The molecule has 49 heavy (non-hydrogen) atoms. The molecule has 0 heterocycles. The van der Waals surface area contributed by atoms with Gasteiger partial charge in [0, 0.05) is 10.8 Å². The van der Waals surface area contributed by atoms with Crippen LogP contribution >= 0.6 is 0 Å². The van der Waals surface area contributed by atoms with Gasteiger partial charge in [-0.3, -0.25) is 25.0 Å². The third-order valence-corrected chi connectivity index (χ3v) is 8.12. The fourth-order valence-corrected chi connectivity index (χ4v) is 5.26. The van der Waals surface area contributed by atoms with Gasteiger partial charge in [0.2, 0.25) is 0 Å². The predicted octanol–water partition coefficient (Wildman–Crippen LogP) is 6.55. The van der Waals surface area contributed by atoms with Crippen LogP contribution in [0.15, 0.2) is 152 Å². The molecule has 0 bridgehead atoms. The first-order valence-corrected chi connectivity index (χ1v) is 15.9. The second-order valence-corrected chi connectivity index (χ2v) is 12.0. The van der Waals surface area contributed by atoms with Crippen molar-refractivity contribution in [1.82, 2.24) is 0 Å². The summed E-state index contributed by atoms with van der Waals surface area (Å²) in [5, 5.41) is 27.3. The van der Waals surface area contributed by atoms with Crippen LogP contribution in [0.2, 0.25) is 0 Å². The number of carbonyl (C=O) groups excluding carboxylic acids is 2. The van der Waals surface area contributed by atoms with Gasteiger partial charge in [-0.05, 0) is 102 Å². The summed E-state index contributed by atoms with van der Waals surface area (Å²) in [6, 6.07) is 22.2. The van der Waals surface area contributed by atoms with E-state index >= 15 is 0 Å². The zero-order valence-corrected chi connectivity index (χ0v) is 26.0. The second-order valence-electron chi connectivity index (χ2n) is 10.6. The van der Waals surface area contributed by atoms with Crippen molar-refractivity contribution in [2.45, 2.75) is 4.90 Å². The van der Waals surface area contributed by atoms with E-state index in [1.807, 2.05) is 24.3 Å². The quantitative estimate of drug-likeness (QED) is 0.0500. The van der Waals surface area contributed by atoms with Crippen LogP contribution in [0.5, 0.6) is 0 Å². The van der Waals surface area contributed by atoms with E-state index in [-0.39, 0.29) is 16.3 Å². The summed E-state index contributed by atoms with van der Waals surface area (Å²) < 4.78 is 33.4. The molecule has 242 valence electrons. The normalized spacial score (nSPS) is 15.2. The number of nitrogens with zero attached hydrogens (tertiary/aromatic N) is 4. The van der Waals surface area contributed by atoms with Crippen LogP contribution in [0.1, 0.15) is 0 Å². The fourth-order valence-electron chi connectivity index (χ4n) is 4.76. The third kappa shape index (κ3) is 7.68. The zero-order valence-electron chi connectivity index (χ0n) is 25.2. The van der Waals surface area contributed by atoms with E-state index in [1.54, 1.807) is 36.4 Å². The van der Waals surface area contributed by atoms with E-state index in [0.717, 1.165) is 17.2 Å². The Kier molecular flexibility index (Phi) is 8.97. The second kappa shape index (κ2) is 13.6. The molecule has 4 N–H and O–H groups in total. The molecule has 2 aliphatic carbocycles. The smallest absolute Gasteiger partial charge is 0.339 e. The molecule has 0 radical (unpaired) electrons. The van der Waals surface area contributed by atoms with E-state index < -0.39 is 21.9 Å². The van der Waals surface area contributed by atoms with Crippen molar-refractivity contribution >= 4 is 72.6 Å². The Bertz CT molecular complexity index is 2340. The highest BCUT2D eigenvalue weighted by molar-refractivity contribution is 7.85. The third-order valence-electron chi connectivity index (χ3n) is 7.27. The lowest BCUT2D eigenvalue weighted by molar-refractivity contribution is -0.134. The van der Waals surface area contributed by atoms with Crippen LogP contribution in [0.4, 0.5) is 22.7 Å². The number of anilines is 2. The molecule has 2 aliphatic rings. The first kappa shape index (κ1) is 32.3. The van der Waals surface area contributed by atoms with Gasteiger partial charge < -0.3 is 5.11 Å². The van der Waals surface area contributed by atoms with Crippen molar-refractivity contribution < 1.29 is 32.5 Å². The fraction of sp³-hybridized carbons (Fsp3) is 0. The Morgan fingerprint density at radius 3 is 2.00 bits per heavy atom. The van der Waals surface area contributed by atoms with Crippen molar-refractivity contribution in [1.29, 1.82) is 0 Å². The molecular formula is C35H24N6O7S. The molecule has 6 rings (SSSR count). The van der Waals surface area contributed by atoms with E-state index in [9.17, 15) is 27.4 Å². The number of benzene rings is 4. The molecule has 0 unspecified atom stereocenters. The number of carboxylic acids is 1. The lowest BCUT2D eigenvalue weighted by Gasteiger charge is -2.10. The molecular weight excluding hydrogens is 648 g/mol. The Morgan fingerprint density at radius 1 is 0.673 bits per heavy atom. The summed E-state index contributed by atoms with van der Waals surface area (Å²) in [4.78, 5) is 33.9. The highest BCUT2D eigenvalue weighted by Gasteiger charge is 2.19. The number of carboxylic acid groups (broad SMARTS) is 1. The van der Waals surface area contributed by atoms with Crippen molar-refractivity contribution in [2.75, 3.05) is 10.9 Å². The van der Waals surface area contributed by atoms with Gasteiger partial charge in [-0.2, -0.15) is 23.7 Å². The topological polar surface area (TPSA) is 199 Å². The number of azo groups is 1. The van der Waals surface area contributed by atoms with Crippen LogP contribution in [0.3, 0.4) is 0 Å². The molecule has 4 aromatic rings. The average Bonchev–Trinajstić information content (AvgIpc) is 3.10. The number of allylic oxidation sites excluding steroid dienone is 7. The number of hydrazone groups is 2. The number of fused-ring (bicyclic) bond motifs is 1. The maximum absolute atomic E-state index is 11.9. The largest absolute Gasteiger partial charge is 0.478 e. The molecule has 0 saturated carbocycles. The van der Waals surface area contributed by atoms with Crippen molar-refractivity contribution in [2.24, 2.45) is 20.4 Å². The van der Waals surface area contributed by atoms with Gasteiger partial charge in [0.05, 0.1) is 39.1 Å². The monoisotopic (exact) mass is 672 g/mol. The predicted molar refractivity (Wildman–Crippen MR) is 185 cm³/mol. The van der Waals surface area contributed by atoms with Gasteiger partial charge in [-0.25, -0.2) is 4.79 Å². The summed E-state index contributed by atoms with van der Waals surface area (Å²) in [5.41, 5.74) is 10.1. The van der Waals surface area contributed by atoms with Crippen molar-refractivity contribution in [3.63, 3.8) is 0 Å². The van der Waals surface area contributed by atoms with E-state index in [4.69, 9.17) is 5.11 Å². The standard InChI is InChI=1S/C35H24N6O7S/c42-27-12-9-25(10-13-27)38-41-33-17-16-32(29-15-14-28(20-30(29)33)49(46,47)48)40-37-24-7-3-22(4-8-24)21-1-5-23(6-2-21)36-39-26-11-18-34(43)31(19-26)35(44)45/h1-20,36,41H,(H,44,45)(H,46,47,48)/b39-26-,40-37?. The first-order chi connectivity index (χ1) is 23.5. The summed E-state index contributed by atoms with van der Waals surface area (Å²) >= 11 is 0. The zero-order chi connectivity index (χ0) is 34.5. The van der Waals surface area contributed by atoms with Gasteiger partial charge >= 0.3 is 5.97 Å².